The Balaban J connectivity index is 1.91. The van der Waals surface area contributed by atoms with Gasteiger partial charge in [0.2, 0.25) is 0 Å². The molecule has 0 aliphatic carbocycles. The number of aromatic nitrogens is 3. The number of carbonyl (C=O) groups excluding carboxylic acids is 1. The standard InChI is InChI=1S/C17H13N5O/c23-17-14-8-10-19-21-16(14)22(13-6-2-1-3-7-13)15(20-17)12-5-4-9-18-11-12/h1-11,15H,(H,20,23). The van der Waals surface area contributed by atoms with E-state index in [2.05, 4.69) is 20.5 Å². The Labute approximate surface area is 132 Å². The number of amides is 1. The number of hydrogen-bond acceptors (Lipinski definition) is 5. The van der Waals surface area contributed by atoms with Crippen molar-refractivity contribution in [2.75, 3.05) is 4.90 Å². The minimum atomic E-state index is -0.386. The normalized spacial score (nSPS) is 16.6. The lowest BCUT2D eigenvalue weighted by molar-refractivity contribution is 0.0928. The second kappa shape index (κ2) is 5.49. The maximum absolute atomic E-state index is 12.4. The van der Waals surface area contributed by atoms with Crippen molar-refractivity contribution in [1.29, 1.82) is 0 Å². The second-order valence-corrected chi connectivity index (χ2v) is 5.14. The van der Waals surface area contributed by atoms with E-state index in [0.717, 1.165) is 11.3 Å². The van der Waals surface area contributed by atoms with Crippen LogP contribution >= 0.6 is 0 Å². The summed E-state index contributed by atoms with van der Waals surface area (Å²) >= 11 is 0. The molecule has 0 spiro atoms. The maximum atomic E-state index is 12.4. The van der Waals surface area contributed by atoms with Gasteiger partial charge in [-0.2, -0.15) is 5.10 Å². The minimum absolute atomic E-state index is 0.170. The average molecular weight is 303 g/mol. The summed E-state index contributed by atoms with van der Waals surface area (Å²) in [4.78, 5) is 18.5. The summed E-state index contributed by atoms with van der Waals surface area (Å²) in [5.74, 6) is 0.368. The van der Waals surface area contributed by atoms with E-state index in [-0.39, 0.29) is 12.1 Å². The van der Waals surface area contributed by atoms with E-state index in [1.165, 1.54) is 6.20 Å². The first-order valence-corrected chi connectivity index (χ1v) is 7.21. The Bertz CT molecular complexity index is 838. The van der Waals surface area contributed by atoms with Crippen LogP contribution in [0.1, 0.15) is 22.1 Å². The van der Waals surface area contributed by atoms with Crippen LogP contribution in [0.15, 0.2) is 67.1 Å². The van der Waals surface area contributed by atoms with Gasteiger partial charge in [-0.1, -0.05) is 24.3 Å². The number of benzene rings is 1. The van der Waals surface area contributed by atoms with Crippen LogP contribution in [0.25, 0.3) is 0 Å². The maximum Gasteiger partial charge on any atom is 0.257 e. The van der Waals surface area contributed by atoms with Gasteiger partial charge in [0.15, 0.2) is 5.82 Å². The molecule has 1 atom stereocenters. The number of anilines is 2. The van der Waals surface area contributed by atoms with Crippen LogP contribution < -0.4 is 10.2 Å². The minimum Gasteiger partial charge on any atom is -0.327 e. The summed E-state index contributed by atoms with van der Waals surface area (Å²) in [6, 6.07) is 15.2. The number of nitrogens with zero attached hydrogens (tertiary/aromatic N) is 4. The Morgan fingerprint density at radius 3 is 2.65 bits per heavy atom. The fourth-order valence-electron chi connectivity index (χ4n) is 2.70. The summed E-state index contributed by atoms with van der Waals surface area (Å²) in [5, 5.41) is 11.2. The number of rotatable bonds is 2. The van der Waals surface area contributed by atoms with Gasteiger partial charge in [-0.15, -0.1) is 5.10 Å². The monoisotopic (exact) mass is 303 g/mol. The van der Waals surface area contributed by atoms with E-state index in [0.29, 0.717) is 11.4 Å². The number of pyridine rings is 1. The lowest BCUT2D eigenvalue weighted by Crippen LogP contribution is -2.44. The lowest BCUT2D eigenvalue weighted by Gasteiger charge is -2.37. The molecule has 4 rings (SSSR count). The molecular formula is C17H13N5O. The van der Waals surface area contributed by atoms with Crippen molar-refractivity contribution in [3.05, 3.63) is 78.2 Å². The number of carbonyl (C=O) groups is 1. The lowest BCUT2D eigenvalue weighted by atomic mass is 10.1. The molecule has 1 aromatic carbocycles. The predicted molar refractivity (Wildman–Crippen MR) is 85.1 cm³/mol. The smallest absolute Gasteiger partial charge is 0.257 e. The molecule has 1 aliphatic rings. The SMILES string of the molecule is O=C1NC(c2cccnc2)N(c2ccccc2)c2nnccc21. The molecule has 0 saturated heterocycles. The highest BCUT2D eigenvalue weighted by Gasteiger charge is 2.34. The zero-order valence-corrected chi connectivity index (χ0v) is 12.1. The Kier molecular flexibility index (Phi) is 3.20. The van der Waals surface area contributed by atoms with Gasteiger partial charge in [0.25, 0.3) is 5.91 Å². The summed E-state index contributed by atoms with van der Waals surface area (Å²) < 4.78 is 0. The first-order chi connectivity index (χ1) is 11.3. The molecule has 1 aliphatic heterocycles. The van der Waals surface area contributed by atoms with Gasteiger partial charge < -0.3 is 5.32 Å². The molecule has 0 radical (unpaired) electrons. The summed E-state index contributed by atoms with van der Waals surface area (Å²) in [6.07, 6.45) is 4.58. The van der Waals surface area contributed by atoms with E-state index in [1.807, 2.05) is 47.4 Å². The number of para-hydroxylation sites is 1. The van der Waals surface area contributed by atoms with Gasteiger partial charge in [0, 0.05) is 23.6 Å². The van der Waals surface area contributed by atoms with Crippen molar-refractivity contribution in [2.45, 2.75) is 6.17 Å². The highest BCUT2D eigenvalue weighted by molar-refractivity contribution is 6.02. The van der Waals surface area contributed by atoms with Gasteiger partial charge >= 0.3 is 0 Å². The fourth-order valence-corrected chi connectivity index (χ4v) is 2.70. The third kappa shape index (κ3) is 2.30. The topological polar surface area (TPSA) is 71.0 Å². The quantitative estimate of drug-likeness (QED) is 0.787. The van der Waals surface area contributed by atoms with Gasteiger partial charge in [0.1, 0.15) is 6.17 Å². The van der Waals surface area contributed by atoms with Crippen LogP contribution in [0.3, 0.4) is 0 Å². The third-order valence-electron chi connectivity index (χ3n) is 3.73. The highest BCUT2D eigenvalue weighted by Crippen LogP contribution is 2.36. The van der Waals surface area contributed by atoms with Gasteiger partial charge in [-0.25, -0.2) is 0 Å². The zero-order chi connectivity index (χ0) is 15.6. The van der Waals surface area contributed by atoms with E-state index in [4.69, 9.17) is 0 Å². The summed E-state index contributed by atoms with van der Waals surface area (Å²) in [5.41, 5.74) is 2.30. The zero-order valence-electron chi connectivity index (χ0n) is 12.1. The van der Waals surface area contributed by atoms with E-state index in [1.54, 1.807) is 18.5 Å². The van der Waals surface area contributed by atoms with Crippen LogP contribution in [0.4, 0.5) is 11.5 Å². The second-order valence-electron chi connectivity index (χ2n) is 5.14. The molecule has 1 amide bonds. The Morgan fingerprint density at radius 1 is 1.00 bits per heavy atom. The first-order valence-electron chi connectivity index (χ1n) is 7.21. The predicted octanol–water partition coefficient (Wildman–Crippen LogP) is 2.45. The van der Waals surface area contributed by atoms with Gasteiger partial charge in [-0.3, -0.25) is 14.7 Å². The number of hydrogen-bond donors (Lipinski definition) is 1. The third-order valence-corrected chi connectivity index (χ3v) is 3.73. The van der Waals surface area contributed by atoms with Crippen molar-refractivity contribution in [3.8, 4) is 0 Å². The number of nitrogens with one attached hydrogen (secondary N) is 1. The Morgan fingerprint density at radius 2 is 1.87 bits per heavy atom. The van der Waals surface area contributed by atoms with Crippen molar-refractivity contribution in [3.63, 3.8) is 0 Å². The molecule has 6 heteroatoms. The highest BCUT2D eigenvalue weighted by atomic mass is 16.2. The molecule has 1 N–H and O–H groups in total. The molecular weight excluding hydrogens is 290 g/mol. The van der Waals surface area contributed by atoms with Gasteiger partial charge in [0.05, 0.1) is 11.8 Å². The fraction of sp³-hybridized carbons (Fsp3) is 0.0588. The molecule has 6 nitrogen and oxygen atoms in total. The van der Waals surface area contributed by atoms with Crippen LogP contribution in [-0.2, 0) is 0 Å². The van der Waals surface area contributed by atoms with E-state index >= 15 is 0 Å². The molecule has 2 aromatic heterocycles. The van der Waals surface area contributed by atoms with E-state index in [9.17, 15) is 4.79 Å². The van der Waals surface area contributed by atoms with E-state index < -0.39 is 0 Å². The van der Waals surface area contributed by atoms with Crippen LogP contribution in [0.2, 0.25) is 0 Å². The van der Waals surface area contributed by atoms with Crippen molar-refractivity contribution in [1.82, 2.24) is 20.5 Å². The van der Waals surface area contributed by atoms with Crippen LogP contribution in [0, 0.1) is 0 Å². The van der Waals surface area contributed by atoms with Crippen molar-refractivity contribution in [2.24, 2.45) is 0 Å². The van der Waals surface area contributed by atoms with Crippen molar-refractivity contribution < 1.29 is 4.79 Å². The summed E-state index contributed by atoms with van der Waals surface area (Å²) in [7, 11) is 0. The van der Waals surface area contributed by atoms with Crippen LogP contribution in [0.5, 0.6) is 0 Å². The first kappa shape index (κ1) is 13.4. The van der Waals surface area contributed by atoms with Crippen molar-refractivity contribution >= 4 is 17.4 Å². The molecule has 1 unspecified atom stereocenters. The molecule has 112 valence electrons. The average Bonchev–Trinajstić information content (AvgIpc) is 2.63. The molecule has 3 heterocycles. The summed E-state index contributed by atoms with van der Waals surface area (Å²) in [6.45, 7) is 0. The number of fused-ring (bicyclic) bond motifs is 1. The molecule has 23 heavy (non-hydrogen) atoms. The largest absolute Gasteiger partial charge is 0.327 e. The molecule has 0 bridgehead atoms. The Hall–Kier alpha value is -3.28. The molecule has 3 aromatic rings. The van der Waals surface area contributed by atoms with Crippen LogP contribution in [-0.4, -0.2) is 21.1 Å². The molecule has 0 fully saturated rings. The molecule has 0 saturated carbocycles. The van der Waals surface area contributed by atoms with Gasteiger partial charge in [-0.05, 0) is 24.3 Å².